The Labute approximate surface area is 194 Å². The zero-order valence-corrected chi connectivity index (χ0v) is 20.2. The lowest BCUT2D eigenvalue weighted by atomic mass is 9.79. The second kappa shape index (κ2) is 8.43. The van der Waals surface area contributed by atoms with Gasteiger partial charge >= 0.3 is 0 Å². The molecule has 0 fully saturated rings. The molecule has 0 aliphatic heterocycles. The summed E-state index contributed by atoms with van der Waals surface area (Å²) in [6, 6.07) is 36.6. The van der Waals surface area contributed by atoms with E-state index < -0.39 is 0 Å². The van der Waals surface area contributed by atoms with Crippen LogP contribution in [0.4, 0.5) is 0 Å². The van der Waals surface area contributed by atoms with Crippen LogP contribution in [0.3, 0.4) is 0 Å². The van der Waals surface area contributed by atoms with E-state index >= 15 is 0 Å². The SMILES string of the molecule is CC(C)(C)c1ccccc1-c1[c]c(-c2ccccc2C(C)(C)C)cc(-c2ccccc2)c1. The van der Waals surface area contributed by atoms with Crippen LogP contribution in [-0.2, 0) is 10.8 Å². The Morgan fingerprint density at radius 2 is 0.875 bits per heavy atom. The summed E-state index contributed by atoms with van der Waals surface area (Å²) in [5, 5.41) is 0. The molecule has 0 nitrogen and oxygen atoms in total. The maximum atomic E-state index is 3.81. The predicted octanol–water partition coefficient (Wildman–Crippen LogP) is 9.08. The standard InChI is InChI=1S/C32H33/c1-31(2,3)29-18-12-10-16-27(29)25-20-24(23-14-8-7-9-15-23)21-26(22-25)28-17-11-13-19-30(28)32(4,5)6/h7-21H,1-6H3. The zero-order valence-electron chi connectivity index (χ0n) is 20.2. The average Bonchev–Trinajstić information content (AvgIpc) is 2.78. The first-order valence-electron chi connectivity index (χ1n) is 11.5. The molecule has 0 saturated carbocycles. The van der Waals surface area contributed by atoms with Crippen molar-refractivity contribution in [2.24, 2.45) is 0 Å². The molecule has 1 radical (unpaired) electrons. The second-order valence-corrected chi connectivity index (χ2v) is 10.7. The van der Waals surface area contributed by atoms with Crippen LogP contribution in [0.5, 0.6) is 0 Å². The van der Waals surface area contributed by atoms with E-state index in [2.05, 4.69) is 139 Å². The minimum atomic E-state index is 0.0522. The van der Waals surface area contributed by atoms with E-state index in [0.29, 0.717) is 0 Å². The van der Waals surface area contributed by atoms with Gasteiger partial charge in [0.15, 0.2) is 0 Å². The smallest absolute Gasteiger partial charge is 0.00137 e. The summed E-state index contributed by atoms with van der Waals surface area (Å²) in [6.45, 7) is 13.7. The Morgan fingerprint density at radius 1 is 0.469 bits per heavy atom. The minimum Gasteiger partial charge on any atom is -0.0622 e. The van der Waals surface area contributed by atoms with E-state index in [9.17, 15) is 0 Å². The molecule has 0 amide bonds. The summed E-state index contributed by atoms with van der Waals surface area (Å²) < 4.78 is 0. The van der Waals surface area contributed by atoms with Crippen molar-refractivity contribution in [3.63, 3.8) is 0 Å². The fourth-order valence-electron chi connectivity index (χ4n) is 4.40. The summed E-state index contributed by atoms with van der Waals surface area (Å²) in [5.74, 6) is 0. The van der Waals surface area contributed by atoms with Crippen molar-refractivity contribution in [2.45, 2.75) is 52.4 Å². The lowest BCUT2D eigenvalue weighted by Crippen LogP contribution is -2.13. The lowest BCUT2D eigenvalue weighted by molar-refractivity contribution is 0.592. The average molecular weight is 418 g/mol. The van der Waals surface area contributed by atoms with Gasteiger partial charge in [-0.3, -0.25) is 0 Å². The quantitative estimate of drug-likeness (QED) is 0.312. The Bertz CT molecular complexity index is 1140. The third-order valence-electron chi connectivity index (χ3n) is 6.03. The molecule has 0 unspecified atom stereocenters. The van der Waals surface area contributed by atoms with Crippen LogP contribution in [-0.4, -0.2) is 0 Å². The maximum Gasteiger partial charge on any atom is -0.00137 e. The van der Waals surface area contributed by atoms with Crippen LogP contribution in [0.25, 0.3) is 33.4 Å². The summed E-state index contributed by atoms with van der Waals surface area (Å²) in [7, 11) is 0. The normalized spacial score (nSPS) is 12.1. The fraction of sp³-hybridized carbons (Fsp3) is 0.250. The van der Waals surface area contributed by atoms with Gasteiger partial charge in [-0.15, -0.1) is 0 Å². The molecule has 161 valence electrons. The molecule has 0 N–H and O–H groups in total. The Balaban J connectivity index is 2.01. The Morgan fingerprint density at radius 3 is 1.31 bits per heavy atom. The topological polar surface area (TPSA) is 0 Å². The molecule has 0 saturated heterocycles. The molecule has 4 rings (SSSR count). The van der Waals surface area contributed by atoms with E-state index in [1.807, 2.05) is 0 Å². The highest BCUT2D eigenvalue weighted by Gasteiger charge is 2.21. The van der Waals surface area contributed by atoms with Crippen molar-refractivity contribution in [1.82, 2.24) is 0 Å². The molecular weight excluding hydrogens is 384 g/mol. The van der Waals surface area contributed by atoms with Gasteiger partial charge in [0.25, 0.3) is 0 Å². The van der Waals surface area contributed by atoms with Gasteiger partial charge in [0, 0.05) is 0 Å². The third kappa shape index (κ3) is 4.55. The molecule has 0 heterocycles. The van der Waals surface area contributed by atoms with E-state index in [1.165, 1.54) is 33.4 Å². The first kappa shape index (κ1) is 22.1. The zero-order chi connectivity index (χ0) is 22.9. The summed E-state index contributed by atoms with van der Waals surface area (Å²) in [6.07, 6.45) is 0. The predicted molar refractivity (Wildman–Crippen MR) is 139 cm³/mol. The van der Waals surface area contributed by atoms with Crippen LogP contribution in [0.1, 0.15) is 52.7 Å². The fourth-order valence-corrected chi connectivity index (χ4v) is 4.40. The first-order valence-corrected chi connectivity index (χ1v) is 11.5. The number of hydrogen-bond donors (Lipinski definition) is 0. The summed E-state index contributed by atoms with van der Waals surface area (Å²) in [4.78, 5) is 0. The molecular formula is C32H33. The molecule has 32 heavy (non-hydrogen) atoms. The van der Waals surface area contributed by atoms with Gasteiger partial charge in [-0.2, -0.15) is 0 Å². The van der Waals surface area contributed by atoms with Gasteiger partial charge in [0.05, 0.1) is 0 Å². The molecule has 0 aliphatic carbocycles. The molecule has 4 aromatic rings. The number of rotatable bonds is 3. The van der Waals surface area contributed by atoms with Crippen LogP contribution in [0, 0.1) is 6.07 Å². The molecule has 0 bridgehead atoms. The van der Waals surface area contributed by atoms with Gasteiger partial charge in [-0.25, -0.2) is 0 Å². The van der Waals surface area contributed by atoms with Gasteiger partial charge < -0.3 is 0 Å². The van der Waals surface area contributed by atoms with Crippen molar-refractivity contribution in [1.29, 1.82) is 0 Å². The maximum absolute atomic E-state index is 3.81. The number of hydrogen-bond acceptors (Lipinski definition) is 0. The van der Waals surface area contributed by atoms with Crippen LogP contribution >= 0.6 is 0 Å². The van der Waals surface area contributed by atoms with E-state index in [4.69, 9.17) is 0 Å². The highest BCUT2D eigenvalue weighted by atomic mass is 14.3. The van der Waals surface area contributed by atoms with E-state index in [0.717, 1.165) is 11.1 Å². The van der Waals surface area contributed by atoms with Crippen molar-refractivity contribution < 1.29 is 0 Å². The van der Waals surface area contributed by atoms with E-state index in [-0.39, 0.29) is 10.8 Å². The molecule has 0 aromatic heterocycles. The van der Waals surface area contributed by atoms with Crippen molar-refractivity contribution in [3.05, 3.63) is 108 Å². The minimum absolute atomic E-state index is 0.0522. The Kier molecular flexibility index (Phi) is 5.82. The first-order chi connectivity index (χ1) is 15.1. The van der Waals surface area contributed by atoms with Gasteiger partial charge in [-0.05, 0) is 73.5 Å². The van der Waals surface area contributed by atoms with Crippen molar-refractivity contribution in [2.75, 3.05) is 0 Å². The van der Waals surface area contributed by atoms with Crippen molar-refractivity contribution >= 4 is 0 Å². The molecule has 4 aromatic carbocycles. The molecule has 0 atom stereocenters. The number of benzene rings is 4. The third-order valence-corrected chi connectivity index (χ3v) is 6.03. The van der Waals surface area contributed by atoms with Crippen molar-refractivity contribution in [3.8, 4) is 33.4 Å². The monoisotopic (exact) mass is 417 g/mol. The van der Waals surface area contributed by atoms with Crippen LogP contribution in [0.2, 0.25) is 0 Å². The van der Waals surface area contributed by atoms with Crippen LogP contribution in [0.15, 0.2) is 91.0 Å². The second-order valence-electron chi connectivity index (χ2n) is 10.7. The molecule has 0 spiro atoms. The van der Waals surface area contributed by atoms with Gasteiger partial charge in [0.2, 0.25) is 0 Å². The highest BCUT2D eigenvalue weighted by Crippen LogP contribution is 2.39. The summed E-state index contributed by atoms with van der Waals surface area (Å²) >= 11 is 0. The van der Waals surface area contributed by atoms with Gasteiger partial charge in [0.1, 0.15) is 0 Å². The Hall–Kier alpha value is -3.12. The largest absolute Gasteiger partial charge is 0.0622 e. The van der Waals surface area contributed by atoms with Crippen LogP contribution < -0.4 is 0 Å². The summed E-state index contributed by atoms with van der Waals surface area (Å²) in [5.41, 5.74) is 10.1. The molecule has 0 heteroatoms. The lowest BCUT2D eigenvalue weighted by Gasteiger charge is -2.25. The molecule has 0 aliphatic rings. The highest BCUT2D eigenvalue weighted by molar-refractivity contribution is 5.83. The van der Waals surface area contributed by atoms with Gasteiger partial charge in [-0.1, -0.05) is 120 Å². The van der Waals surface area contributed by atoms with E-state index in [1.54, 1.807) is 0 Å².